The molecule has 0 radical (unpaired) electrons. The first kappa shape index (κ1) is 19.3. The fourth-order valence-electron chi connectivity index (χ4n) is 2.56. The van der Waals surface area contributed by atoms with Gasteiger partial charge in [-0.1, -0.05) is 24.3 Å². The Labute approximate surface area is 159 Å². The van der Waals surface area contributed by atoms with Gasteiger partial charge in [-0.3, -0.25) is 4.79 Å². The molecule has 5 nitrogen and oxygen atoms in total. The number of nitrogens with one attached hydrogen (secondary N) is 2. The summed E-state index contributed by atoms with van der Waals surface area (Å²) < 4.78 is 39.4. The van der Waals surface area contributed by atoms with Crippen molar-refractivity contribution in [2.45, 2.75) is 20.0 Å². The van der Waals surface area contributed by atoms with Gasteiger partial charge in [0, 0.05) is 11.9 Å². The highest BCUT2D eigenvalue weighted by Crippen LogP contribution is 2.35. The zero-order chi connectivity index (χ0) is 20.3. The summed E-state index contributed by atoms with van der Waals surface area (Å²) in [6.07, 6.45) is -3.22. The molecular weight excluding hydrogens is 369 g/mol. The van der Waals surface area contributed by atoms with Gasteiger partial charge in [0.2, 0.25) is 5.95 Å². The van der Waals surface area contributed by atoms with Crippen LogP contribution in [0.3, 0.4) is 0 Å². The van der Waals surface area contributed by atoms with Crippen molar-refractivity contribution in [1.82, 2.24) is 9.97 Å². The second-order valence-corrected chi connectivity index (χ2v) is 6.21. The largest absolute Gasteiger partial charge is 0.418 e. The molecule has 0 fully saturated rings. The lowest BCUT2D eigenvalue weighted by atomic mass is 10.1. The third-order valence-electron chi connectivity index (χ3n) is 4.01. The van der Waals surface area contributed by atoms with E-state index < -0.39 is 17.6 Å². The molecule has 8 heteroatoms. The third kappa shape index (κ3) is 4.46. The fourth-order valence-corrected chi connectivity index (χ4v) is 2.56. The topological polar surface area (TPSA) is 66.9 Å². The summed E-state index contributed by atoms with van der Waals surface area (Å²) in [6.45, 7) is 3.76. The van der Waals surface area contributed by atoms with Crippen LogP contribution < -0.4 is 10.6 Å². The Morgan fingerprint density at radius 2 is 1.75 bits per heavy atom. The molecule has 2 aromatic carbocycles. The van der Waals surface area contributed by atoms with Crippen molar-refractivity contribution < 1.29 is 18.0 Å². The van der Waals surface area contributed by atoms with E-state index in [0.717, 1.165) is 17.2 Å². The van der Waals surface area contributed by atoms with Crippen LogP contribution in [0.15, 0.2) is 54.7 Å². The van der Waals surface area contributed by atoms with E-state index in [4.69, 9.17) is 0 Å². The van der Waals surface area contributed by atoms with E-state index in [9.17, 15) is 18.0 Å². The first-order chi connectivity index (χ1) is 13.2. The minimum Gasteiger partial charge on any atom is -0.324 e. The number of para-hydroxylation sites is 1. The van der Waals surface area contributed by atoms with E-state index in [1.54, 1.807) is 0 Å². The van der Waals surface area contributed by atoms with Gasteiger partial charge in [0.25, 0.3) is 5.91 Å². The molecule has 0 unspecified atom stereocenters. The molecule has 1 aromatic heterocycles. The third-order valence-corrected chi connectivity index (χ3v) is 4.01. The van der Waals surface area contributed by atoms with Gasteiger partial charge in [-0.2, -0.15) is 13.2 Å². The number of aryl methyl sites for hydroxylation is 2. The number of halogens is 3. The van der Waals surface area contributed by atoms with E-state index in [-0.39, 0.29) is 17.3 Å². The number of rotatable bonds is 4. The van der Waals surface area contributed by atoms with Crippen molar-refractivity contribution in [2.75, 3.05) is 10.6 Å². The summed E-state index contributed by atoms with van der Waals surface area (Å²) in [5.74, 6) is -0.589. The zero-order valence-corrected chi connectivity index (χ0v) is 15.1. The van der Waals surface area contributed by atoms with Crippen LogP contribution in [0.5, 0.6) is 0 Å². The monoisotopic (exact) mass is 386 g/mol. The predicted octanol–water partition coefficient (Wildman–Crippen LogP) is 5.11. The summed E-state index contributed by atoms with van der Waals surface area (Å²) in [4.78, 5) is 20.4. The number of nitrogens with zero attached hydrogens (tertiary/aromatic N) is 2. The van der Waals surface area contributed by atoms with E-state index in [0.29, 0.717) is 5.69 Å². The first-order valence-corrected chi connectivity index (χ1v) is 8.39. The van der Waals surface area contributed by atoms with E-state index in [1.165, 1.54) is 30.5 Å². The van der Waals surface area contributed by atoms with Gasteiger partial charge in [-0.15, -0.1) is 0 Å². The van der Waals surface area contributed by atoms with Gasteiger partial charge in [0.05, 0.1) is 11.3 Å². The van der Waals surface area contributed by atoms with Crippen LogP contribution in [-0.2, 0) is 6.18 Å². The lowest BCUT2D eigenvalue weighted by molar-refractivity contribution is -0.136. The SMILES string of the molecule is Cc1ccc(C)c(NC(=O)c2ccnc(Nc3ccccc3C(F)(F)F)n2)c1. The molecule has 1 amide bonds. The smallest absolute Gasteiger partial charge is 0.324 e. The highest BCUT2D eigenvalue weighted by molar-refractivity contribution is 6.03. The van der Waals surface area contributed by atoms with Crippen molar-refractivity contribution in [3.05, 3.63) is 77.1 Å². The summed E-state index contributed by atoms with van der Waals surface area (Å²) in [6, 6.07) is 12.0. The van der Waals surface area contributed by atoms with Crippen molar-refractivity contribution in [3.63, 3.8) is 0 Å². The van der Waals surface area contributed by atoms with Crippen LogP contribution in [0.1, 0.15) is 27.2 Å². The lowest BCUT2D eigenvalue weighted by Crippen LogP contribution is -2.16. The highest BCUT2D eigenvalue weighted by Gasteiger charge is 2.33. The number of carbonyl (C=O) groups is 1. The van der Waals surface area contributed by atoms with Crippen molar-refractivity contribution in [3.8, 4) is 0 Å². The van der Waals surface area contributed by atoms with Crippen LogP contribution in [0.4, 0.5) is 30.5 Å². The number of carbonyl (C=O) groups excluding carboxylic acids is 1. The number of amides is 1. The molecule has 3 rings (SSSR count). The second kappa shape index (κ2) is 7.67. The quantitative estimate of drug-likeness (QED) is 0.654. The minimum atomic E-state index is -4.53. The van der Waals surface area contributed by atoms with Crippen molar-refractivity contribution in [2.24, 2.45) is 0 Å². The van der Waals surface area contributed by atoms with Crippen molar-refractivity contribution >= 4 is 23.2 Å². The number of anilines is 3. The summed E-state index contributed by atoms with van der Waals surface area (Å²) in [5, 5.41) is 5.29. The maximum atomic E-state index is 13.1. The number of alkyl halides is 3. The van der Waals surface area contributed by atoms with Gasteiger partial charge >= 0.3 is 6.18 Å². The molecule has 0 saturated heterocycles. The molecule has 0 atom stereocenters. The molecule has 3 aromatic rings. The molecule has 0 aliphatic carbocycles. The molecule has 2 N–H and O–H groups in total. The van der Waals surface area contributed by atoms with Gasteiger partial charge in [-0.05, 0) is 49.2 Å². The molecule has 0 saturated carbocycles. The Hall–Kier alpha value is -3.42. The standard InChI is InChI=1S/C20H17F3N4O/c1-12-7-8-13(2)17(11-12)25-18(28)16-9-10-24-19(27-16)26-15-6-4-3-5-14(15)20(21,22)23/h3-11H,1-2H3,(H,25,28)(H,24,26,27). The summed E-state index contributed by atoms with van der Waals surface area (Å²) >= 11 is 0. The van der Waals surface area contributed by atoms with E-state index in [1.807, 2.05) is 32.0 Å². The normalized spacial score (nSPS) is 11.2. The van der Waals surface area contributed by atoms with Crippen LogP contribution in [0, 0.1) is 13.8 Å². The number of hydrogen-bond acceptors (Lipinski definition) is 4. The zero-order valence-electron chi connectivity index (χ0n) is 15.1. The Balaban J connectivity index is 1.83. The summed E-state index contributed by atoms with van der Waals surface area (Å²) in [5.41, 5.74) is 1.49. The molecule has 0 aliphatic heterocycles. The van der Waals surface area contributed by atoms with Crippen LogP contribution >= 0.6 is 0 Å². The van der Waals surface area contributed by atoms with Gasteiger partial charge in [0.15, 0.2) is 0 Å². The average Bonchev–Trinajstić information content (AvgIpc) is 2.64. The molecular formula is C20H17F3N4O. The molecule has 1 heterocycles. The van der Waals surface area contributed by atoms with E-state index in [2.05, 4.69) is 20.6 Å². The van der Waals surface area contributed by atoms with Crippen LogP contribution in [-0.4, -0.2) is 15.9 Å². The van der Waals surface area contributed by atoms with Gasteiger partial charge < -0.3 is 10.6 Å². The maximum absolute atomic E-state index is 13.1. The van der Waals surface area contributed by atoms with Gasteiger partial charge in [0.1, 0.15) is 5.69 Å². The molecule has 144 valence electrons. The Bertz CT molecular complexity index is 1020. The lowest BCUT2D eigenvalue weighted by Gasteiger charge is -2.14. The number of aromatic nitrogens is 2. The Morgan fingerprint density at radius 3 is 2.50 bits per heavy atom. The Kier molecular flexibility index (Phi) is 5.30. The molecule has 28 heavy (non-hydrogen) atoms. The summed E-state index contributed by atoms with van der Waals surface area (Å²) in [7, 11) is 0. The molecule has 0 spiro atoms. The predicted molar refractivity (Wildman–Crippen MR) is 101 cm³/mol. The second-order valence-electron chi connectivity index (χ2n) is 6.21. The average molecular weight is 386 g/mol. The number of benzene rings is 2. The molecule has 0 bridgehead atoms. The van der Waals surface area contributed by atoms with Gasteiger partial charge in [-0.25, -0.2) is 9.97 Å². The minimum absolute atomic E-state index is 0.0305. The van der Waals surface area contributed by atoms with Crippen molar-refractivity contribution in [1.29, 1.82) is 0 Å². The maximum Gasteiger partial charge on any atom is 0.418 e. The Morgan fingerprint density at radius 1 is 1.00 bits per heavy atom. The highest BCUT2D eigenvalue weighted by atomic mass is 19.4. The first-order valence-electron chi connectivity index (χ1n) is 8.39. The fraction of sp³-hybridized carbons (Fsp3) is 0.150. The number of hydrogen-bond donors (Lipinski definition) is 2. The van der Waals surface area contributed by atoms with Crippen LogP contribution in [0.25, 0.3) is 0 Å². The van der Waals surface area contributed by atoms with E-state index >= 15 is 0 Å². The molecule has 0 aliphatic rings. The van der Waals surface area contributed by atoms with Crippen LogP contribution in [0.2, 0.25) is 0 Å².